The normalized spacial score (nSPS) is 8.67. The van der Waals surface area contributed by atoms with Gasteiger partial charge >= 0.3 is 0 Å². The topological polar surface area (TPSA) is 30.2 Å². The monoisotopic (exact) mass is 225 g/mol. The quantitative estimate of drug-likeness (QED) is 0.699. The summed E-state index contributed by atoms with van der Waals surface area (Å²) >= 11 is 3.53. The first-order valence-corrected chi connectivity index (χ1v) is 5.90. The third kappa shape index (κ3) is 3.55. The van der Waals surface area contributed by atoms with Gasteiger partial charge in [0.15, 0.2) is 0 Å². The summed E-state index contributed by atoms with van der Waals surface area (Å²) in [6.07, 6.45) is 3.45. The third-order valence-electron chi connectivity index (χ3n) is 1.71. The van der Waals surface area contributed by atoms with Gasteiger partial charge in [-0.1, -0.05) is 13.8 Å². The Balaban J connectivity index is 0.000000442. The van der Waals surface area contributed by atoms with Crippen LogP contribution < -0.4 is 0 Å². The standard InChI is InChI=1S/C8H9N3.C2H6.CH4S/c1-6-5-7(2)10-11-8(6)3-4-9-11;2*1-2/h3-5H,1-2H3;1-2H3;2H,1H3. The Kier molecular flexibility index (Phi) is 6.79. The lowest BCUT2D eigenvalue weighted by atomic mass is 10.2. The number of aryl methyl sites for hydroxylation is 2. The van der Waals surface area contributed by atoms with Crippen molar-refractivity contribution in [2.24, 2.45) is 0 Å². The van der Waals surface area contributed by atoms with Gasteiger partial charge in [0.1, 0.15) is 0 Å². The summed E-state index contributed by atoms with van der Waals surface area (Å²) in [5.41, 5.74) is 3.30. The van der Waals surface area contributed by atoms with Gasteiger partial charge in [-0.15, -0.1) is 0 Å². The molecule has 0 saturated carbocycles. The van der Waals surface area contributed by atoms with Gasteiger partial charge < -0.3 is 0 Å². The molecule has 84 valence electrons. The van der Waals surface area contributed by atoms with E-state index in [1.54, 1.807) is 17.1 Å². The van der Waals surface area contributed by atoms with E-state index in [2.05, 4.69) is 35.8 Å². The third-order valence-corrected chi connectivity index (χ3v) is 1.71. The second kappa shape index (κ2) is 7.29. The fourth-order valence-electron chi connectivity index (χ4n) is 1.23. The maximum atomic E-state index is 4.20. The zero-order valence-corrected chi connectivity index (χ0v) is 10.9. The van der Waals surface area contributed by atoms with Crippen LogP contribution in [-0.2, 0) is 0 Å². The SMILES string of the molecule is CC.CS.Cc1cc(C)c2ccnn2n1. The van der Waals surface area contributed by atoms with Gasteiger partial charge in [-0.3, -0.25) is 0 Å². The number of rotatable bonds is 0. The zero-order valence-electron chi connectivity index (χ0n) is 10.0. The lowest BCUT2D eigenvalue weighted by molar-refractivity contribution is 0.777. The molecule has 15 heavy (non-hydrogen) atoms. The van der Waals surface area contributed by atoms with E-state index in [9.17, 15) is 0 Å². The van der Waals surface area contributed by atoms with E-state index in [0.29, 0.717) is 0 Å². The Morgan fingerprint density at radius 2 is 1.80 bits per heavy atom. The molecule has 4 heteroatoms. The van der Waals surface area contributed by atoms with E-state index in [4.69, 9.17) is 0 Å². The summed E-state index contributed by atoms with van der Waals surface area (Å²) in [5.74, 6) is 0. The maximum Gasteiger partial charge on any atom is 0.0902 e. The molecule has 0 aliphatic heterocycles. The van der Waals surface area contributed by atoms with Crippen LogP contribution in [0.1, 0.15) is 25.1 Å². The van der Waals surface area contributed by atoms with Crippen molar-refractivity contribution in [1.82, 2.24) is 14.8 Å². The maximum absolute atomic E-state index is 4.20. The molecule has 2 aromatic rings. The molecule has 0 amide bonds. The van der Waals surface area contributed by atoms with Crippen molar-refractivity contribution in [1.29, 1.82) is 0 Å². The van der Waals surface area contributed by atoms with Crippen LogP contribution in [0.4, 0.5) is 0 Å². The number of aromatic nitrogens is 3. The Hall–Kier alpha value is -1.03. The summed E-state index contributed by atoms with van der Waals surface area (Å²) in [6, 6.07) is 4.01. The number of hydrogen-bond acceptors (Lipinski definition) is 3. The first-order chi connectivity index (χ1) is 7.27. The van der Waals surface area contributed by atoms with Crippen molar-refractivity contribution in [3.63, 3.8) is 0 Å². The Labute approximate surface area is 96.9 Å². The fraction of sp³-hybridized carbons (Fsp3) is 0.455. The number of hydrogen-bond donors (Lipinski definition) is 1. The summed E-state index contributed by atoms with van der Waals surface area (Å²) < 4.78 is 1.66. The molecule has 0 aliphatic rings. The molecule has 0 atom stereocenters. The van der Waals surface area contributed by atoms with E-state index in [0.717, 1.165) is 11.2 Å². The van der Waals surface area contributed by atoms with Crippen molar-refractivity contribution in [2.75, 3.05) is 6.26 Å². The minimum atomic E-state index is 0.999. The highest BCUT2D eigenvalue weighted by atomic mass is 32.1. The minimum Gasteiger partial charge on any atom is -0.183 e. The Morgan fingerprint density at radius 1 is 1.20 bits per heavy atom. The molecule has 0 N–H and O–H groups in total. The zero-order chi connectivity index (χ0) is 11.8. The molecule has 2 aromatic heterocycles. The van der Waals surface area contributed by atoms with Crippen molar-refractivity contribution >= 4 is 18.1 Å². The van der Waals surface area contributed by atoms with Crippen molar-refractivity contribution in [3.8, 4) is 0 Å². The summed E-state index contributed by atoms with van der Waals surface area (Å²) in [5, 5.41) is 8.25. The van der Waals surface area contributed by atoms with Crippen LogP contribution in [0, 0.1) is 13.8 Å². The molecule has 0 unspecified atom stereocenters. The van der Waals surface area contributed by atoms with Gasteiger partial charge in [0.05, 0.1) is 17.4 Å². The predicted octanol–water partition coefficient (Wildman–Crippen LogP) is 2.92. The highest BCUT2D eigenvalue weighted by Crippen LogP contribution is 2.07. The summed E-state index contributed by atoms with van der Waals surface area (Å²) in [4.78, 5) is 0. The van der Waals surface area contributed by atoms with Gasteiger partial charge in [-0.25, -0.2) is 0 Å². The molecule has 2 heterocycles. The summed E-state index contributed by atoms with van der Waals surface area (Å²) in [6.45, 7) is 8.03. The number of thiol groups is 1. The first-order valence-electron chi connectivity index (χ1n) is 5.00. The molecule has 0 saturated heterocycles. The van der Waals surface area contributed by atoms with E-state index >= 15 is 0 Å². The molecule has 3 nitrogen and oxygen atoms in total. The Morgan fingerprint density at radius 3 is 2.40 bits per heavy atom. The minimum absolute atomic E-state index is 0.999. The van der Waals surface area contributed by atoms with Crippen LogP contribution in [0.3, 0.4) is 0 Å². The number of fused-ring (bicyclic) bond motifs is 1. The van der Waals surface area contributed by atoms with Gasteiger partial charge in [-0.2, -0.15) is 27.5 Å². The first kappa shape index (κ1) is 14.0. The smallest absolute Gasteiger partial charge is 0.0902 e. The highest BCUT2D eigenvalue weighted by molar-refractivity contribution is 7.79. The van der Waals surface area contributed by atoms with Gasteiger partial charge in [0, 0.05) is 0 Å². The van der Waals surface area contributed by atoms with Crippen LogP contribution >= 0.6 is 12.6 Å². The van der Waals surface area contributed by atoms with E-state index in [-0.39, 0.29) is 0 Å². The van der Waals surface area contributed by atoms with Crippen molar-refractivity contribution in [3.05, 3.63) is 29.6 Å². The van der Waals surface area contributed by atoms with Crippen molar-refractivity contribution in [2.45, 2.75) is 27.7 Å². The molecular formula is C11H19N3S. The largest absolute Gasteiger partial charge is 0.183 e. The lowest BCUT2D eigenvalue weighted by Gasteiger charge is -1.97. The van der Waals surface area contributed by atoms with E-state index < -0.39 is 0 Å². The molecule has 0 radical (unpaired) electrons. The van der Waals surface area contributed by atoms with E-state index in [1.165, 1.54) is 5.56 Å². The van der Waals surface area contributed by atoms with Crippen LogP contribution in [0.25, 0.3) is 5.52 Å². The molecule has 0 aliphatic carbocycles. The van der Waals surface area contributed by atoms with Crippen LogP contribution in [-0.4, -0.2) is 21.1 Å². The molecule has 0 aromatic carbocycles. The van der Waals surface area contributed by atoms with Crippen molar-refractivity contribution < 1.29 is 0 Å². The van der Waals surface area contributed by atoms with Crippen LogP contribution in [0.5, 0.6) is 0 Å². The second-order valence-electron chi connectivity index (χ2n) is 2.67. The van der Waals surface area contributed by atoms with Gasteiger partial charge in [-0.05, 0) is 37.8 Å². The second-order valence-corrected chi connectivity index (χ2v) is 2.67. The molecule has 2 rings (SSSR count). The van der Waals surface area contributed by atoms with Gasteiger partial charge in [0.2, 0.25) is 0 Å². The Bertz CT molecular complexity index is 396. The summed E-state index contributed by atoms with van der Waals surface area (Å²) in [7, 11) is 0. The average molecular weight is 225 g/mol. The highest BCUT2D eigenvalue weighted by Gasteiger charge is 1.98. The lowest BCUT2D eigenvalue weighted by Crippen LogP contribution is -1.97. The average Bonchev–Trinajstić information content (AvgIpc) is 2.72. The predicted molar refractivity (Wildman–Crippen MR) is 68.7 cm³/mol. The van der Waals surface area contributed by atoms with Crippen LogP contribution in [0.2, 0.25) is 0 Å². The molecule has 0 bridgehead atoms. The fourth-order valence-corrected chi connectivity index (χ4v) is 1.23. The van der Waals surface area contributed by atoms with Gasteiger partial charge in [0.25, 0.3) is 0 Å². The molecular weight excluding hydrogens is 206 g/mol. The molecule has 0 fully saturated rings. The van der Waals surface area contributed by atoms with Crippen LogP contribution in [0.15, 0.2) is 18.3 Å². The number of nitrogens with zero attached hydrogens (tertiary/aromatic N) is 3. The van der Waals surface area contributed by atoms with E-state index in [1.807, 2.05) is 26.8 Å². The molecule has 0 spiro atoms.